The van der Waals surface area contributed by atoms with E-state index < -0.39 is 4.92 Å². The van der Waals surface area contributed by atoms with Gasteiger partial charge in [-0.2, -0.15) is 5.10 Å². The number of benzene rings is 1. The van der Waals surface area contributed by atoms with E-state index >= 15 is 0 Å². The number of carbonyl (C=O) groups excluding carboxylic acids is 1. The molecule has 3 aromatic rings. The number of fused-ring (bicyclic) bond motifs is 1. The van der Waals surface area contributed by atoms with Gasteiger partial charge in [0.15, 0.2) is 5.65 Å². The van der Waals surface area contributed by atoms with E-state index in [1.807, 2.05) is 7.05 Å². The van der Waals surface area contributed by atoms with Gasteiger partial charge in [0.2, 0.25) is 0 Å². The standard InChI is InChI=1S/C17H18N8O3/c1-22-15-14(10-20-22)16(19-11-18-15)23-5-7-24(8-6-23)17(26)21-12-3-2-4-13(9-12)25(27)28/h2-4,9-11H,5-8H2,1H3,(H,21,26). The van der Waals surface area contributed by atoms with Crippen LogP contribution in [0.1, 0.15) is 0 Å². The third-order valence-electron chi connectivity index (χ3n) is 4.68. The number of rotatable bonds is 3. The number of hydrogen-bond donors (Lipinski definition) is 1. The molecule has 0 bridgehead atoms. The van der Waals surface area contributed by atoms with Crippen LogP contribution >= 0.6 is 0 Å². The molecule has 0 radical (unpaired) electrons. The first-order chi connectivity index (χ1) is 13.5. The molecule has 0 unspecified atom stereocenters. The van der Waals surface area contributed by atoms with E-state index in [-0.39, 0.29) is 11.7 Å². The SMILES string of the molecule is Cn1ncc2c(N3CCN(C(=O)Nc4cccc([N+](=O)[O-])c4)CC3)ncnc21. The number of hydrogen-bond acceptors (Lipinski definition) is 7. The zero-order valence-electron chi connectivity index (χ0n) is 15.1. The van der Waals surface area contributed by atoms with Gasteiger partial charge in [0.25, 0.3) is 5.69 Å². The Bertz CT molecular complexity index is 1040. The van der Waals surface area contributed by atoms with Crippen molar-refractivity contribution < 1.29 is 9.72 Å². The summed E-state index contributed by atoms with van der Waals surface area (Å²) >= 11 is 0. The van der Waals surface area contributed by atoms with Crippen molar-refractivity contribution in [3.05, 3.63) is 46.9 Å². The molecule has 2 amide bonds. The van der Waals surface area contributed by atoms with Gasteiger partial charge in [0.1, 0.15) is 12.1 Å². The summed E-state index contributed by atoms with van der Waals surface area (Å²) in [6.07, 6.45) is 3.26. The molecule has 0 aliphatic carbocycles. The van der Waals surface area contributed by atoms with E-state index in [2.05, 4.69) is 25.3 Å². The minimum Gasteiger partial charge on any atom is -0.352 e. The Balaban J connectivity index is 1.41. The quantitative estimate of drug-likeness (QED) is 0.539. The monoisotopic (exact) mass is 382 g/mol. The number of non-ortho nitro benzene ring substituents is 1. The lowest BCUT2D eigenvalue weighted by molar-refractivity contribution is -0.384. The summed E-state index contributed by atoms with van der Waals surface area (Å²) in [4.78, 5) is 35.3. The van der Waals surface area contributed by atoms with Gasteiger partial charge >= 0.3 is 6.03 Å². The number of urea groups is 1. The van der Waals surface area contributed by atoms with Gasteiger partial charge < -0.3 is 15.1 Å². The summed E-state index contributed by atoms with van der Waals surface area (Å²) in [5, 5.41) is 18.7. The summed E-state index contributed by atoms with van der Waals surface area (Å²) in [5.74, 6) is 0.803. The Morgan fingerprint density at radius 1 is 1.21 bits per heavy atom. The average Bonchev–Trinajstić information content (AvgIpc) is 3.09. The number of carbonyl (C=O) groups is 1. The molecule has 1 aliphatic rings. The highest BCUT2D eigenvalue weighted by atomic mass is 16.6. The topological polar surface area (TPSA) is 122 Å². The fraction of sp³-hybridized carbons (Fsp3) is 0.294. The van der Waals surface area contributed by atoms with Gasteiger partial charge in [-0.1, -0.05) is 6.07 Å². The van der Waals surface area contributed by atoms with Crippen molar-refractivity contribution in [1.82, 2.24) is 24.6 Å². The maximum Gasteiger partial charge on any atom is 0.321 e. The van der Waals surface area contributed by atoms with Crippen molar-refractivity contribution in [2.45, 2.75) is 0 Å². The highest BCUT2D eigenvalue weighted by molar-refractivity contribution is 5.90. The number of aromatic nitrogens is 4. The number of nitro benzene ring substituents is 1. The van der Waals surface area contributed by atoms with Crippen LogP contribution in [-0.4, -0.2) is 61.8 Å². The molecular formula is C17H18N8O3. The van der Waals surface area contributed by atoms with Crippen molar-refractivity contribution in [1.29, 1.82) is 0 Å². The highest BCUT2D eigenvalue weighted by Gasteiger charge is 2.24. The Morgan fingerprint density at radius 2 is 2.00 bits per heavy atom. The zero-order chi connectivity index (χ0) is 19.7. The number of aryl methyl sites for hydroxylation is 1. The Kier molecular flexibility index (Phi) is 4.47. The maximum atomic E-state index is 12.5. The summed E-state index contributed by atoms with van der Waals surface area (Å²) < 4.78 is 1.70. The second kappa shape index (κ2) is 7.10. The van der Waals surface area contributed by atoms with Crippen LogP contribution in [0.2, 0.25) is 0 Å². The predicted molar refractivity (Wildman–Crippen MR) is 102 cm³/mol. The summed E-state index contributed by atoms with van der Waals surface area (Å²) in [6, 6.07) is 5.61. The second-order valence-electron chi connectivity index (χ2n) is 6.41. The number of anilines is 2. The van der Waals surface area contributed by atoms with E-state index in [0.717, 1.165) is 16.9 Å². The Hall–Kier alpha value is -3.76. The first-order valence-corrected chi connectivity index (χ1v) is 8.71. The number of amides is 2. The van der Waals surface area contributed by atoms with E-state index in [0.29, 0.717) is 31.9 Å². The second-order valence-corrected chi connectivity index (χ2v) is 6.41. The van der Waals surface area contributed by atoms with Crippen molar-refractivity contribution in [3.63, 3.8) is 0 Å². The largest absolute Gasteiger partial charge is 0.352 e. The summed E-state index contributed by atoms with van der Waals surface area (Å²) in [6.45, 7) is 2.24. The molecule has 11 heteroatoms. The lowest BCUT2D eigenvalue weighted by atomic mass is 10.2. The molecule has 4 rings (SSSR count). The normalized spacial score (nSPS) is 14.3. The van der Waals surface area contributed by atoms with Crippen LogP contribution in [0, 0.1) is 10.1 Å². The first kappa shape index (κ1) is 17.6. The van der Waals surface area contributed by atoms with Crippen LogP contribution in [0.25, 0.3) is 11.0 Å². The number of nitro groups is 1. The molecule has 1 fully saturated rings. The van der Waals surface area contributed by atoms with Crippen LogP contribution in [0.4, 0.5) is 22.0 Å². The van der Waals surface area contributed by atoms with E-state index in [4.69, 9.17) is 0 Å². The lowest BCUT2D eigenvalue weighted by Crippen LogP contribution is -2.50. The number of piperazine rings is 1. The molecule has 0 spiro atoms. The maximum absolute atomic E-state index is 12.5. The molecule has 1 aliphatic heterocycles. The van der Waals surface area contributed by atoms with Crippen LogP contribution in [0.3, 0.4) is 0 Å². The predicted octanol–water partition coefficient (Wildman–Crippen LogP) is 1.63. The van der Waals surface area contributed by atoms with Gasteiger partial charge in [0.05, 0.1) is 16.5 Å². The Morgan fingerprint density at radius 3 is 2.75 bits per heavy atom. The van der Waals surface area contributed by atoms with Crippen LogP contribution in [-0.2, 0) is 7.05 Å². The smallest absolute Gasteiger partial charge is 0.321 e. The van der Waals surface area contributed by atoms with E-state index in [9.17, 15) is 14.9 Å². The van der Waals surface area contributed by atoms with Crippen LogP contribution in [0.15, 0.2) is 36.8 Å². The molecule has 3 heterocycles. The van der Waals surface area contributed by atoms with Gasteiger partial charge in [0, 0.05) is 51.0 Å². The van der Waals surface area contributed by atoms with E-state index in [1.54, 1.807) is 27.9 Å². The molecule has 1 aromatic carbocycles. The van der Waals surface area contributed by atoms with Crippen molar-refractivity contribution in [2.24, 2.45) is 7.05 Å². The van der Waals surface area contributed by atoms with Crippen LogP contribution < -0.4 is 10.2 Å². The Labute approximate surface area is 159 Å². The fourth-order valence-corrected chi connectivity index (χ4v) is 3.22. The molecule has 144 valence electrons. The molecule has 0 saturated carbocycles. The van der Waals surface area contributed by atoms with Gasteiger partial charge in [-0.3, -0.25) is 14.8 Å². The van der Waals surface area contributed by atoms with Crippen molar-refractivity contribution >= 4 is 34.3 Å². The summed E-state index contributed by atoms with van der Waals surface area (Å²) in [7, 11) is 1.83. The third kappa shape index (κ3) is 3.29. The highest BCUT2D eigenvalue weighted by Crippen LogP contribution is 2.23. The summed E-state index contributed by atoms with van der Waals surface area (Å²) in [5.41, 5.74) is 1.09. The molecule has 1 saturated heterocycles. The van der Waals surface area contributed by atoms with Crippen LogP contribution in [0.5, 0.6) is 0 Å². The van der Waals surface area contributed by atoms with Gasteiger partial charge in [-0.15, -0.1) is 0 Å². The lowest BCUT2D eigenvalue weighted by Gasteiger charge is -2.35. The number of nitrogens with one attached hydrogen (secondary N) is 1. The van der Waals surface area contributed by atoms with Gasteiger partial charge in [-0.25, -0.2) is 14.8 Å². The average molecular weight is 382 g/mol. The van der Waals surface area contributed by atoms with Crippen molar-refractivity contribution in [2.75, 3.05) is 36.4 Å². The minimum atomic E-state index is -0.491. The van der Waals surface area contributed by atoms with E-state index in [1.165, 1.54) is 18.5 Å². The minimum absolute atomic E-state index is 0.0631. The fourth-order valence-electron chi connectivity index (χ4n) is 3.22. The molecule has 28 heavy (non-hydrogen) atoms. The van der Waals surface area contributed by atoms with Gasteiger partial charge in [-0.05, 0) is 6.07 Å². The first-order valence-electron chi connectivity index (χ1n) is 8.71. The molecule has 1 N–H and O–H groups in total. The molecule has 2 aromatic heterocycles. The number of nitrogens with zero attached hydrogens (tertiary/aromatic N) is 7. The van der Waals surface area contributed by atoms with Crippen molar-refractivity contribution in [3.8, 4) is 0 Å². The molecular weight excluding hydrogens is 364 g/mol. The third-order valence-corrected chi connectivity index (χ3v) is 4.68. The molecule has 0 atom stereocenters. The zero-order valence-corrected chi connectivity index (χ0v) is 15.1. The molecule has 11 nitrogen and oxygen atoms in total.